The minimum atomic E-state index is -0.758. The van der Waals surface area contributed by atoms with Crippen LogP contribution in [0.4, 0.5) is 5.95 Å². The molecule has 1 saturated heterocycles. The van der Waals surface area contributed by atoms with Gasteiger partial charge in [-0.2, -0.15) is 4.98 Å². The standard InChI is InChI=1S/C13H20N4O3/c1-16-5-7-17(8-6-16)13-14-11(20-15-13)9-3-2-4-10(9)12(18)19/h9-10H,2-8H2,1H3,(H,18,19). The van der Waals surface area contributed by atoms with Crippen LogP contribution in [0.25, 0.3) is 0 Å². The van der Waals surface area contributed by atoms with Crippen LogP contribution < -0.4 is 4.90 Å². The van der Waals surface area contributed by atoms with Crippen LogP contribution in [0.3, 0.4) is 0 Å². The molecule has 2 aliphatic rings. The number of hydrogen-bond acceptors (Lipinski definition) is 6. The van der Waals surface area contributed by atoms with Gasteiger partial charge in [-0.25, -0.2) is 0 Å². The number of carbonyl (C=O) groups is 1. The van der Waals surface area contributed by atoms with Crippen molar-refractivity contribution in [3.8, 4) is 0 Å². The van der Waals surface area contributed by atoms with E-state index in [1.807, 2.05) is 0 Å². The van der Waals surface area contributed by atoms with E-state index in [9.17, 15) is 9.90 Å². The summed E-state index contributed by atoms with van der Waals surface area (Å²) in [5, 5.41) is 13.3. The molecule has 1 aromatic heterocycles. The summed E-state index contributed by atoms with van der Waals surface area (Å²) in [6, 6.07) is 0. The quantitative estimate of drug-likeness (QED) is 0.876. The van der Waals surface area contributed by atoms with E-state index in [0.29, 0.717) is 18.3 Å². The van der Waals surface area contributed by atoms with E-state index in [4.69, 9.17) is 4.52 Å². The summed E-state index contributed by atoms with van der Waals surface area (Å²) < 4.78 is 5.33. The van der Waals surface area contributed by atoms with Gasteiger partial charge in [-0.05, 0) is 25.0 Å². The zero-order valence-corrected chi connectivity index (χ0v) is 11.7. The summed E-state index contributed by atoms with van der Waals surface area (Å²) in [7, 11) is 2.09. The first kappa shape index (κ1) is 13.4. The number of anilines is 1. The molecule has 1 aliphatic heterocycles. The van der Waals surface area contributed by atoms with E-state index in [1.165, 1.54) is 0 Å². The third kappa shape index (κ3) is 2.49. The van der Waals surface area contributed by atoms with Gasteiger partial charge in [-0.1, -0.05) is 6.42 Å². The molecule has 110 valence electrons. The highest BCUT2D eigenvalue weighted by Crippen LogP contribution is 2.39. The Morgan fingerprint density at radius 3 is 2.75 bits per heavy atom. The molecule has 2 unspecified atom stereocenters. The fourth-order valence-electron chi connectivity index (χ4n) is 3.06. The van der Waals surface area contributed by atoms with Crippen LogP contribution in [0, 0.1) is 5.92 Å². The maximum atomic E-state index is 11.2. The Balaban J connectivity index is 1.72. The highest BCUT2D eigenvalue weighted by molar-refractivity contribution is 5.71. The number of carboxylic acid groups (broad SMARTS) is 1. The van der Waals surface area contributed by atoms with Crippen molar-refractivity contribution in [2.45, 2.75) is 25.2 Å². The zero-order chi connectivity index (χ0) is 14.1. The van der Waals surface area contributed by atoms with Gasteiger partial charge in [0.05, 0.1) is 11.8 Å². The number of hydrogen-bond donors (Lipinski definition) is 1. The lowest BCUT2D eigenvalue weighted by atomic mass is 9.96. The fourth-order valence-corrected chi connectivity index (χ4v) is 3.06. The second-order valence-electron chi connectivity index (χ2n) is 5.71. The topological polar surface area (TPSA) is 82.7 Å². The highest BCUT2D eigenvalue weighted by Gasteiger charge is 2.38. The predicted molar refractivity (Wildman–Crippen MR) is 71.7 cm³/mol. The van der Waals surface area contributed by atoms with Crippen LogP contribution >= 0.6 is 0 Å². The summed E-state index contributed by atoms with van der Waals surface area (Å²) in [5.74, 6) is -0.170. The SMILES string of the molecule is CN1CCN(c2noc(C3CCCC3C(=O)O)n2)CC1. The minimum absolute atomic E-state index is 0.124. The number of rotatable bonds is 3. The summed E-state index contributed by atoms with van der Waals surface area (Å²) >= 11 is 0. The molecule has 7 nitrogen and oxygen atoms in total. The van der Waals surface area contributed by atoms with Gasteiger partial charge >= 0.3 is 5.97 Å². The number of nitrogens with zero attached hydrogens (tertiary/aromatic N) is 4. The Bertz CT molecular complexity index is 482. The Hall–Kier alpha value is -1.63. The molecule has 0 spiro atoms. The van der Waals surface area contributed by atoms with Gasteiger partial charge in [0.2, 0.25) is 5.89 Å². The normalized spacial score (nSPS) is 27.9. The summed E-state index contributed by atoms with van der Waals surface area (Å²) in [6.45, 7) is 3.71. The second kappa shape index (κ2) is 5.40. The minimum Gasteiger partial charge on any atom is -0.481 e. The molecule has 2 heterocycles. The maximum absolute atomic E-state index is 11.2. The molecule has 1 aromatic rings. The van der Waals surface area contributed by atoms with Crippen molar-refractivity contribution in [1.82, 2.24) is 15.0 Å². The van der Waals surface area contributed by atoms with Crippen LogP contribution in [0.15, 0.2) is 4.52 Å². The average Bonchev–Trinajstić information content (AvgIpc) is 3.08. The van der Waals surface area contributed by atoms with Gasteiger partial charge in [-0.15, -0.1) is 0 Å². The van der Waals surface area contributed by atoms with Crippen LogP contribution in [0.5, 0.6) is 0 Å². The largest absolute Gasteiger partial charge is 0.481 e. The van der Waals surface area contributed by atoms with Crippen molar-refractivity contribution in [2.24, 2.45) is 5.92 Å². The lowest BCUT2D eigenvalue weighted by molar-refractivity contribution is -0.142. The van der Waals surface area contributed by atoms with E-state index in [0.717, 1.165) is 39.0 Å². The van der Waals surface area contributed by atoms with Gasteiger partial charge in [0.25, 0.3) is 5.95 Å². The number of carboxylic acids is 1. The van der Waals surface area contributed by atoms with E-state index in [-0.39, 0.29) is 11.8 Å². The Kier molecular flexibility index (Phi) is 3.60. The van der Waals surface area contributed by atoms with Crippen LogP contribution in [0.2, 0.25) is 0 Å². The Morgan fingerprint density at radius 1 is 1.30 bits per heavy atom. The van der Waals surface area contributed by atoms with Crippen molar-refractivity contribution in [3.05, 3.63) is 5.89 Å². The summed E-state index contributed by atoms with van der Waals surface area (Å²) in [5.41, 5.74) is 0. The highest BCUT2D eigenvalue weighted by atomic mass is 16.5. The predicted octanol–water partition coefficient (Wildman–Crippen LogP) is 0.790. The Morgan fingerprint density at radius 2 is 2.05 bits per heavy atom. The second-order valence-corrected chi connectivity index (χ2v) is 5.71. The lowest BCUT2D eigenvalue weighted by Crippen LogP contribution is -2.44. The lowest BCUT2D eigenvalue weighted by Gasteiger charge is -2.31. The van der Waals surface area contributed by atoms with Gasteiger partial charge in [0.15, 0.2) is 0 Å². The number of likely N-dealkylation sites (N-methyl/N-ethyl adjacent to an activating group) is 1. The first-order valence-electron chi connectivity index (χ1n) is 7.15. The van der Waals surface area contributed by atoms with Gasteiger partial charge in [0, 0.05) is 26.2 Å². The molecular formula is C13H20N4O3. The monoisotopic (exact) mass is 280 g/mol. The van der Waals surface area contributed by atoms with Gasteiger partial charge < -0.3 is 19.4 Å². The van der Waals surface area contributed by atoms with Gasteiger partial charge in [-0.3, -0.25) is 4.79 Å². The third-order valence-electron chi connectivity index (χ3n) is 4.37. The summed E-state index contributed by atoms with van der Waals surface area (Å²) in [4.78, 5) is 20.0. The first-order valence-corrected chi connectivity index (χ1v) is 7.15. The van der Waals surface area contributed by atoms with Gasteiger partial charge in [0.1, 0.15) is 0 Å². The molecule has 20 heavy (non-hydrogen) atoms. The van der Waals surface area contributed by atoms with E-state index >= 15 is 0 Å². The average molecular weight is 280 g/mol. The molecule has 1 saturated carbocycles. The molecule has 0 bridgehead atoms. The zero-order valence-electron chi connectivity index (χ0n) is 11.7. The van der Waals surface area contributed by atoms with Crippen molar-refractivity contribution in [3.63, 3.8) is 0 Å². The third-order valence-corrected chi connectivity index (χ3v) is 4.37. The molecule has 0 aromatic carbocycles. The molecule has 2 atom stereocenters. The van der Waals surface area contributed by atoms with E-state index in [1.54, 1.807) is 0 Å². The summed E-state index contributed by atoms with van der Waals surface area (Å²) in [6.07, 6.45) is 2.43. The molecule has 0 amide bonds. The van der Waals surface area contributed by atoms with E-state index < -0.39 is 5.97 Å². The van der Waals surface area contributed by atoms with Crippen LogP contribution in [0.1, 0.15) is 31.1 Å². The number of piperazine rings is 1. The number of aromatic nitrogens is 2. The molecule has 0 radical (unpaired) electrons. The van der Waals surface area contributed by atoms with Crippen molar-refractivity contribution < 1.29 is 14.4 Å². The van der Waals surface area contributed by atoms with E-state index in [2.05, 4.69) is 27.0 Å². The molecule has 7 heteroatoms. The molecule has 3 rings (SSSR count). The van der Waals surface area contributed by atoms with Crippen molar-refractivity contribution in [2.75, 3.05) is 38.1 Å². The van der Waals surface area contributed by atoms with Crippen LogP contribution in [-0.4, -0.2) is 59.3 Å². The molecular weight excluding hydrogens is 260 g/mol. The fraction of sp³-hybridized carbons (Fsp3) is 0.769. The first-order chi connectivity index (χ1) is 9.65. The van der Waals surface area contributed by atoms with Crippen molar-refractivity contribution in [1.29, 1.82) is 0 Å². The number of aliphatic carboxylic acids is 1. The smallest absolute Gasteiger partial charge is 0.307 e. The van der Waals surface area contributed by atoms with Crippen molar-refractivity contribution >= 4 is 11.9 Å². The Labute approximate surface area is 117 Å². The molecule has 2 fully saturated rings. The molecule has 1 N–H and O–H groups in total. The van der Waals surface area contributed by atoms with Crippen LogP contribution in [-0.2, 0) is 4.79 Å². The molecule has 1 aliphatic carbocycles. The maximum Gasteiger partial charge on any atom is 0.307 e.